The van der Waals surface area contributed by atoms with E-state index in [1.807, 2.05) is 32.9 Å². The molecule has 0 aliphatic carbocycles. The molecule has 0 saturated carbocycles. The third-order valence-electron chi connectivity index (χ3n) is 6.48. The number of carbonyl (C=O) groups is 1. The van der Waals surface area contributed by atoms with Gasteiger partial charge < -0.3 is 19.9 Å². The van der Waals surface area contributed by atoms with Crippen molar-refractivity contribution >= 4 is 17.7 Å². The van der Waals surface area contributed by atoms with E-state index in [-0.39, 0.29) is 11.1 Å². The van der Waals surface area contributed by atoms with E-state index in [9.17, 15) is 23.1 Å². The number of amides is 1. The average molecular weight is 488 g/mol. The number of hydrogen-bond acceptors (Lipinski definition) is 4. The molecule has 0 unspecified atom stereocenters. The number of benzene rings is 2. The highest BCUT2D eigenvalue weighted by Gasteiger charge is 2.53. The van der Waals surface area contributed by atoms with Crippen molar-refractivity contribution in [3.05, 3.63) is 76.4 Å². The van der Waals surface area contributed by atoms with Crippen molar-refractivity contribution in [1.29, 1.82) is 0 Å². The molecule has 2 aliphatic rings. The minimum Gasteiger partial charge on any atom is -0.482 e. The van der Waals surface area contributed by atoms with E-state index < -0.39 is 35.0 Å². The fourth-order valence-corrected chi connectivity index (χ4v) is 4.64. The van der Waals surface area contributed by atoms with Gasteiger partial charge in [-0.2, -0.15) is 13.2 Å². The quantitative estimate of drug-likeness (QED) is 0.522. The topological polar surface area (TPSA) is 67.8 Å². The van der Waals surface area contributed by atoms with Gasteiger partial charge in [0, 0.05) is 12.7 Å². The standard InChI is InChI=1S/C27H28F3NO4/c1-16(2)6-5-14-25(3)15-13-17-7-12-20-21(22(17)35-25)26(33,23(34-4)24(32)31-20)18-8-10-19(11-9-18)27(28,29)30/h6-13,15,23,33H,5,14H2,1-4H3,(H,31,32)/t23-,25+,26+/m1/s1. The van der Waals surface area contributed by atoms with Crippen LogP contribution in [0, 0.1) is 0 Å². The molecule has 4 rings (SSSR count). The fraction of sp³-hybridized carbons (Fsp3) is 0.370. The molecular weight excluding hydrogens is 459 g/mol. The second-order valence-corrected chi connectivity index (χ2v) is 9.42. The average Bonchev–Trinajstić information content (AvgIpc) is 2.78. The van der Waals surface area contributed by atoms with Gasteiger partial charge in [-0.15, -0.1) is 0 Å². The normalized spacial score (nSPS) is 25.3. The Bertz CT molecular complexity index is 1200. The first kappa shape index (κ1) is 25.0. The first-order valence-corrected chi connectivity index (χ1v) is 11.3. The van der Waals surface area contributed by atoms with Gasteiger partial charge in [-0.25, -0.2) is 0 Å². The molecule has 2 N–H and O–H groups in total. The van der Waals surface area contributed by atoms with Crippen LogP contribution in [0.3, 0.4) is 0 Å². The summed E-state index contributed by atoms with van der Waals surface area (Å²) < 4.78 is 51.4. The van der Waals surface area contributed by atoms with Crippen LogP contribution in [0.1, 0.15) is 55.9 Å². The highest BCUT2D eigenvalue weighted by atomic mass is 19.4. The van der Waals surface area contributed by atoms with Crippen LogP contribution >= 0.6 is 0 Å². The summed E-state index contributed by atoms with van der Waals surface area (Å²) in [7, 11) is 1.27. The molecule has 5 nitrogen and oxygen atoms in total. The molecule has 0 aromatic heterocycles. The molecule has 0 radical (unpaired) electrons. The van der Waals surface area contributed by atoms with Crippen molar-refractivity contribution in [3.63, 3.8) is 0 Å². The Morgan fingerprint density at radius 2 is 1.89 bits per heavy atom. The van der Waals surface area contributed by atoms with Crippen LogP contribution in [-0.4, -0.2) is 29.8 Å². The zero-order valence-electron chi connectivity index (χ0n) is 20.0. The van der Waals surface area contributed by atoms with Crippen molar-refractivity contribution in [3.8, 4) is 5.75 Å². The van der Waals surface area contributed by atoms with Gasteiger partial charge in [0.2, 0.25) is 0 Å². The van der Waals surface area contributed by atoms with Crippen LogP contribution < -0.4 is 10.1 Å². The molecule has 186 valence electrons. The second-order valence-electron chi connectivity index (χ2n) is 9.42. The van der Waals surface area contributed by atoms with Crippen LogP contribution in [0.5, 0.6) is 5.75 Å². The lowest BCUT2D eigenvalue weighted by molar-refractivity contribution is -0.143. The Morgan fingerprint density at radius 1 is 1.20 bits per heavy atom. The molecular formula is C27H28F3NO4. The predicted molar refractivity (Wildman–Crippen MR) is 127 cm³/mol. The van der Waals surface area contributed by atoms with Crippen molar-refractivity contribution in [2.75, 3.05) is 12.4 Å². The van der Waals surface area contributed by atoms with E-state index in [0.29, 0.717) is 23.4 Å². The summed E-state index contributed by atoms with van der Waals surface area (Å²) >= 11 is 0. The van der Waals surface area contributed by atoms with Gasteiger partial charge in [-0.3, -0.25) is 4.79 Å². The van der Waals surface area contributed by atoms with Gasteiger partial charge in [0.05, 0.1) is 16.8 Å². The zero-order chi connectivity index (χ0) is 25.6. The number of allylic oxidation sites excluding steroid dienone is 2. The molecule has 0 saturated heterocycles. The van der Waals surface area contributed by atoms with E-state index in [1.165, 1.54) is 24.8 Å². The molecule has 2 aromatic rings. The summed E-state index contributed by atoms with van der Waals surface area (Å²) in [6, 6.07) is 7.51. The SMILES string of the molecule is CO[C@@H]1C(=O)Nc2ccc3c(c2[C@@]1(O)c1ccc(C(F)(F)F)cc1)O[C@@](C)(CCC=C(C)C)C=C3. The van der Waals surface area contributed by atoms with Crippen molar-refractivity contribution < 1.29 is 32.5 Å². The van der Waals surface area contributed by atoms with E-state index in [0.717, 1.165) is 18.6 Å². The third-order valence-corrected chi connectivity index (χ3v) is 6.48. The van der Waals surface area contributed by atoms with Crippen molar-refractivity contribution in [1.82, 2.24) is 0 Å². The highest BCUT2D eigenvalue weighted by Crippen LogP contribution is 2.51. The van der Waals surface area contributed by atoms with E-state index in [4.69, 9.17) is 9.47 Å². The lowest BCUT2D eigenvalue weighted by atomic mass is 9.76. The molecule has 0 fully saturated rings. The second kappa shape index (κ2) is 8.84. The summed E-state index contributed by atoms with van der Waals surface area (Å²) in [6.45, 7) is 5.96. The Kier molecular flexibility index (Phi) is 6.32. The number of halogens is 3. The van der Waals surface area contributed by atoms with Crippen LogP contribution in [0.4, 0.5) is 18.9 Å². The van der Waals surface area contributed by atoms with Crippen molar-refractivity contribution in [2.45, 2.75) is 57.1 Å². The smallest absolute Gasteiger partial charge is 0.416 e. The van der Waals surface area contributed by atoms with Crippen molar-refractivity contribution in [2.24, 2.45) is 0 Å². The Hall–Kier alpha value is -3.10. The first-order chi connectivity index (χ1) is 16.4. The summed E-state index contributed by atoms with van der Waals surface area (Å²) in [6.07, 6.45) is 1.44. The molecule has 8 heteroatoms. The molecule has 35 heavy (non-hydrogen) atoms. The molecule has 0 bridgehead atoms. The maximum atomic E-state index is 13.2. The first-order valence-electron chi connectivity index (χ1n) is 11.3. The van der Waals surface area contributed by atoms with Gasteiger partial charge in [0.25, 0.3) is 5.91 Å². The predicted octanol–water partition coefficient (Wildman–Crippen LogP) is 5.82. The Labute approximate surface area is 202 Å². The number of hydrogen-bond donors (Lipinski definition) is 2. The molecule has 0 spiro atoms. The van der Waals surface area contributed by atoms with Gasteiger partial charge in [0.1, 0.15) is 11.4 Å². The van der Waals surface area contributed by atoms with Crippen LogP contribution in [-0.2, 0) is 21.3 Å². The van der Waals surface area contributed by atoms with Gasteiger partial charge in [-0.1, -0.05) is 29.9 Å². The van der Waals surface area contributed by atoms with Crippen LogP contribution in [0.2, 0.25) is 0 Å². The minimum absolute atomic E-state index is 0.0891. The lowest BCUT2D eigenvalue weighted by Gasteiger charge is -2.43. The number of ether oxygens (including phenoxy) is 2. The zero-order valence-corrected chi connectivity index (χ0v) is 20.0. The fourth-order valence-electron chi connectivity index (χ4n) is 4.64. The number of nitrogens with one attached hydrogen (secondary N) is 1. The monoisotopic (exact) mass is 487 g/mol. The molecule has 2 aliphatic heterocycles. The summed E-state index contributed by atoms with van der Waals surface area (Å²) in [5, 5.41) is 14.9. The molecule has 2 heterocycles. The highest BCUT2D eigenvalue weighted by molar-refractivity contribution is 6.01. The Balaban J connectivity index is 1.86. The van der Waals surface area contributed by atoms with Gasteiger partial charge in [-0.05, 0) is 69.5 Å². The van der Waals surface area contributed by atoms with E-state index >= 15 is 0 Å². The number of anilines is 1. The van der Waals surface area contributed by atoms with Gasteiger partial charge >= 0.3 is 6.18 Å². The number of carbonyl (C=O) groups excluding carboxylic acids is 1. The maximum absolute atomic E-state index is 13.2. The number of alkyl halides is 3. The summed E-state index contributed by atoms with van der Waals surface area (Å²) in [5.74, 6) is -0.255. The number of fused-ring (bicyclic) bond motifs is 3. The Morgan fingerprint density at radius 3 is 2.49 bits per heavy atom. The minimum atomic E-state index is -4.54. The third kappa shape index (κ3) is 4.48. The molecule has 3 atom stereocenters. The number of rotatable bonds is 5. The van der Waals surface area contributed by atoms with E-state index in [2.05, 4.69) is 11.4 Å². The summed E-state index contributed by atoms with van der Waals surface area (Å²) in [5.41, 5.74) is -1.13. The molecule has 2 aromatic carbocycles. The largest absolute Gasteiger partial charge is 0.482 e. The molecule has 1 amide bonds. The lowest BCUT2D eigenvalue weighted by Crippen LogP contribution is -2.53. The van der Waals surface area contributed by atoms with E-state index in [1.54, 1.807) is 12.1 Å². The summed E-state index contributed by atoms with van der Waals surface area (Å²) in [4.78, 5) is 12.9. The number of methoxy groups -OCH3 is 1. The number of aliphatic hydroxyl groups is 1. The maximum Gasteiger partial charge on any atom is 0.416 e. The van der Waals surface area contributed by atoms with Crippen LogP contribution in [0.25, 0.3) is 6.08 Å². The van der Waals surface area contributed by atoms with Gasteiger partial charge in [0.15, 0.2) is 11.7 Å². The van der Waals surface area contributed by atoms with Crippen LogP contribution in [0.15, 0.2) is 54.1 Å².